The quantitative estimate of drug-likeness (QED) is 0.304. The van der Waals surface area contributed by atoms with Crippen LogP contribution in [-0.4, -0.2) is 48.7 Å². The monoisotopic (exact) mass is 453 g/mol. The Bertz CT molecular complexity index is 994. The Kier molecular flexibility index (Phi) is 9.79. The third kappa shape index (κ3) is 7.27. The first kappa shape index (κ1) is 25.8. The summed E-state index contributed by atoms with van der Waals surface area (Å²) < 4.78 is 14.6. The predicted molar refractivity (Wildman–Crippen MR) is 129 cm³/mol. The average Bonchev–Trinajstić information content (AvgIpc) is 2.81. The van der Waals surface area contributed by atoms with Gasteiger partial charge in [-0.25, -0.2) is 4.39 Å². The lowest BCUT2D eigenvalue weighted by Crippen LogP contribution is -2.46. The molecule has 0 saturated heterocycles. The molecular weight excluding hydrogens is 421 g/mol. The molecule has 6 nitrogen and oxygen atoms in total. The molecule has 33 heavy (non-hydrogen) atoms. The number of hydrogen-bond acceptors (Lipinski definition) is 4. The van der Waals surface area contributed by atoms with Gasteiger partial charge in [0.25, 0.3) is 17.6 Å². The molecule has 0 radical (unpaired) electrons. The highest BCUT2D eigenvalue weighted by Gasteiger charge is 2.24. The van der Waals surface area contributed by atoms with Gasteiger partial charge >= 0.3 is 0 Å². The SMILES string of the molecule is C=C(/C=C\NC)c1ccc(C(=O)C(=O)N[C@H](C)CN(CCC)C(=O)C2=CCCC=C2)c(F)c1. The van der Waals surface area contributed by atoms with E-state index >= 15 is 0 Å². The van der Waals surface area contributed by atoms with Crippen LogP contribution in [0, 0.1) is 5.82 Å². The number of rotatable bonds is 11. The number of amides is 2. The van der Waals surface area contributed by atoms with E-state index in [0.717, 1.165) is 19.3 Å². The van der Waals surface area contributed by atoms with Crippen molar-refractivity contribution in [3.63, 3.8) is 0 Å². The lowest BCUT2D eigenvalue weighted by atomic mass is 10.0. The molecule has 1 atom stereocenters. The van der Waals surface area contributed by atoms with Crippen LogP contribution in [0.4, 0.5) is 4.39 Å². The number of benzene rings is 1. The number of carbonyl (C=O) groups is 3. The summed E-state index contributed by atoms with van der Waals surface area (Å²) >= 11 is 0. The minimum atomic E-state index is -0.964. The number of Topliss-reactive ketones (excluding diaryl/α,β-unsaturated/α-hetero) is 1. The summed E-state index contributed by atoms with van der Waals surface area (Å²) in [7, 11) is 1.73. The fourth-order valence-electron chi connectivity index (χ4n) is 3.47. The maximum Gasteiger partial charge on any atom is 0.292 e. The highest BCUT2D eigenvalue weighted by atomic mass is 19.1. The van der Waals surface area contributed by atoms with E-state index in [1.807, 2.05) is 25.2 Å². The molecule has 7 heteroatoms. The topological polar surface area (TPSA) is 78.5 Å². The van der Waals surface area contributed by atoms with Gasteiger partial charge in [0.15, 0.2) is 0 Å². The second kappa shape index (κ2) is 12.5. The van der Waals surface area contributed by atoms with E-state index in [2.05, 4.69) is 17.2 Å². The lowest BCUT2D eigenvalue weighted by molar-refractivity contribution is -0.127. The minimum absolute atomic E-state index is 0.102. The van der Waals surface area contributed by atoms with Crippen molar-refractivity contribution in [2.24, 2.45) is 0 Å². The number of ketones is 1. The van der Waals surface area contributed by atoms with Crippen molar-refractivity contribution < 1.29 is 18.8 Å². The zero-order valence-corrected chi connectivity index (χ0v) is 19.5. The highest BCUT2D eigenvalue weighted by molar-refractivity contribution is 6.42. The zero-order valence-electron chi connectivity index (χ0n) is 19.5. The first-order valence-electron chi connectivity index (χ1n) is 11.1. The van der Waals surface area contributed by atoms with E-state index in [9.17, 15) is 18.8 Å². The van der Waals surface area contributed by atoms with Gasteiger partial charge in [0, 0.05) is 31.8 Å². The summed E-state index contributed by atoms with van der Waals surface area (Å²) in [6, 6.07) is 3.52. The van der Waals surface area contributed by atoms with Crippen LogP contribution >= 0.6 is 0 Å². The number of halogens is 1. The molecule has 0 aliphatic heterocycles. The number of allylic oxidation sites excluding steroid dienone is 4. The van der Waals surface area contributed by atoms with Gasteiger partial charge in [0.1, 0.15) is 5.82 Å². The summed E-state index contributed by atoms with van der Waals surface area (Å²) in [5, 5.41) is 5.41. The van der Waals surface area contributed by atoms with Crippen LogP contribution in [0.1, 0.15) is 49.0 Å². The Morgan fingerprint density at radius 2 is 2.03 bits per heavy atom. The molecular formula is C26H32FN3O3. The molecule has 2 amide bonds. The van der Waals surface area contributed by atoms with E-state index in [4.69, 9.17) is 0 Å². The van der Waals surface area contributed by atoms with Crippen molar-refractivity contribution in [3.8, 4) is 0 Å². The number of nitrogens with zero attached hydrogens (tertiary/aromatic N) is 1. The van der Waals surface area contributed by atoms with E-state index in [1.54, 1.807) is 37.2 Å². The van der Waals surface area contributed by atoms with Crippen LogP contribution in [0.15, 0.2) is 60.9 Å². The van der Waals surface area contributed by atoms with Crippen LogP contribution < -0.4 is 10.6 Å². The Balaban J connectivity index is 2.04. The van der Waals surface area contributed by atoms with Crippen molar-refractivity contribution in [2.45, 2.75) is 39.2 Å². The van der Waals surface area contributed by atoms with E-state index < -0.39 is 23.5 Å². The highest BCUT2D eigenvalue weighted by Crippen LogP contribution is 2.18. The van der Waals surface area contributed by atoms with Crippen LogP contribution in [0.5, 0.6) is 0 Å². The molecule has 0 fully saturated rings. The molecule has 0 unspecified atom stereocenters. The molecule has 2 N–H and O–H groups in total. The second-order valence-electron chi connectivity index (χ2n) is 7.94. The molecule has 1 aliphatic carbocycles. The molecule has 2 rings (SSSR count). The predicted octanol–water partition coefficient (Wildman–Crippen LogP) is 3.77. The third-order valence-electron chi connectivity index (χ3n) is 5.14. The third-order valence-corrected chi connectivity index (χ3v) is 5.14. The first-order valence-corrected chi connectivity index (χ1v) is 11.1. The average molecular weight is 454 g/mol. The molecule has 0 saturated carbocycles. The summed E-state index contributed by atoms with van der Waals surface area (Å²) in [6.07, 6.45) is 11.5. The van der Waals surface area contributed by atoms with Crippen molar-refractivity contribution >= 4 is 23.2 Å². The van der Waals surface area contributed by atoms with E-state index in [-0.39, 0.29) is 18.0 Å². The smallest absolute Gasteiger partial charge is 0.292 e. The fourth-order valence-corrected chi connectivity index (χ4v) is 3.47. The molecule has 1 aromatic rings. The van der Waals surface area contributed by atoms with Gasteiger partial charge < -0.3 is 15.5 Å². The van der Waals surface area contributed by atoms with Gasteiger partial charge in [0.05, 0.1) is 5.56 Å². The number of carbonyl (C=O) groups excluding carboxylic acids is 3. The fraction of sp³-hybridized carbons (Fsp3) is 0.346. The van der Waals surface area contributed by atoms with E-state index in [0.29, 0.717) is 23.3 Å². The molecule has 1 aliphatic rings. The Morgan fingerprint density at radius 1 is 1.27 bits per heavy atom. The van der Waals surface area contributed by atoms with Gasteiger partial charge in [-0.05, 0) is 61.7 Å². The maximum absolute atomic E-state index is 14.6. The molecule has 176 valence electrons. The minimum Gasteiger partial charge on any atom is -0.394 e. The van der Waals surface area contributed by atoms with Gasteiger partial charge in [-0.1, -0.05) is 37.8 Å². The van der Waals surface area contributed by atoms with Crippen molar-refractivity contribution in [2.75, 3.05) is 20.1 Å². The van der Waals surface area contributed by atoms with Crippen molar-refractivity contribution in [1.82, 2.24) is 15.5 Å². The van der Waals surface area contributed by atoms with Crippen LogP contribution in [0.3, 0.4) is 0 Å². The first-order chi connectivity index (χ1) is 15.8. The Labute approximate surface area is 194 Å². The van der Waals surface area contributed by atoms with Gasteiger partial charge in [-0.3, -0.25) is 14.4 Å². The molecule has 0 heterocycles. The molecule has 1 aromatic carbocycles. The second-order valence-corrected chi connectivity index (χ2v) is 7.94. The number of hydrogen-bond donors (Lipinski definition) is 2. The van der Waals surface area contributed by atoms with E-state index in [1.165, 1.54) is 12.1 Å². The van der Waals surface area contributed by atoms with Crippen molar-refractivity contribution in [1.29, 1.82) is 0 Å². The van der Waals surface area contributed by atoms with Crippen LogP contribution in [0.2, 0.25) is 0 Å². The summed E-state index contributed by atoms with van der Waals surface area (Å²) in [5.74, 6) is -2.77. The molecule has 0 bridgehead atoms. The van der Waals surface area contributed by atoms with Gasteiger partial charge in [0.2, 0.25) is 0 Å². The van der Waals surface area contributed by atoms with Crippen LogP contribution in [-0.2, 0) is 9.59 Å². The maximum atomic E-state index is 14.6. The van der Waals surface area contributed by atoms with Crippen LogP contribution in [0.25, 0.3) is 5.57 Å². The Morgan fingerprint density at radius 3 is 2.64 bits per heavy atom. The van der Waals surface area contributed by atoms with Gasteiger partial charge in [-0.15, -0.1) is 0 Å². The Hall–Kier alpha value is -3.48. The molecule has 0 spiro atoms. The summed E-state index contributed by atoms with van der Waals surface area (Å²) in [5.41, 5.74) is 1.39. The number of nitrogens with one attached hydrogen (secondary N) is 2. The largest absolute Gasteiger partial charge is 0.394 e. The standard InChI is InChI=1S/C26H32FN3O3/c1-5-15-30(26(33)20-9-7-6-8-10-20)17-19(3)29-25(32)24(31)22-12-11-21(16-23(22)27)18(2)13-14-28-4/h7,9-14,16,19,28H,2,5-6,8,15,17H2,1,3-4H3,(H,29,32)/b14-13-/t19-/m1/s1. The lowest BCUT2D eigenvalue weighted by Gasteiger charge is -2.27. The normalized spacial score (nSPS) is 13.9. The summed E-state index contributed by atoms with van der Waals surface area (Å²) in [4.78, 5) is 39.5. The molecule has 0 aromatic heterocycles. The zero-order chi connectivity index (χ0) is 24.4. The van der Waals surface area contributed by atoms with Gasteiger partial charge in [-0.2, -0.15) is 0 Å². The summed E-state index contributed by atoms with van der Waals surface area (Å²) in [6.45, 7) is 8.30. The van der Waals surface area contributed by atoms with Crippen molar-refractivity contribution in [3.05, 3.63) is 77.8 Å².